The molecule has 0 saturated carbocycles. The van der Waals surface area contributed by atoms with Crippen molar-refractivity contribution in [1.29, 1.82) is 0 Å². The Morgan fingerprint density at radius 3 is 2.32 bits per heavy atom. The number of carbonyl (C=O) groups is 1. The van der Waals surface area contributed by atoms with Crippen molar-refractivity contribution in [3.63, 3.8) is 0 Å². The second-order valence-corrected chi connectivity index (χ2v) is 4.72. The number of carbonyl (C=O) groups excluding carboxylic acids is 1. The summed E-state index contributed by atoms with van der Waals surface area (Å²) >= 11 is 0. The van der Waals surface area contributed by atoms with Gasteiger partial charge in [0, 0.05) is 37.5 Å². The molecule has 0 radical (unpaired) electrons. The fourth-order valence-electron chi connectivity index (χ4n) is 1.85. The molecule has 4 heteroatoms. The van der Waals surface area contributed by atoms with Gasteiger partial charge in [-0.15, -0.1) is 0 Å². The van der Waals surface area contributed by atoms with Gasteiger partial charge in [0.25, 0.3) is 5.91 Å². The zero-order chi connectivity index (χ0) is 14.3. The molecule has 1 amide bonds. The van der Waals surface area contributed by atoms with Crippen LogP contribution < -0.4 is 10.2 Å². The fraction of sp³-hybridized carbons (Fsp3) is 0.533. The molecule has 0 aliphatic rings. The smallest absolute Gasteiger partial charge is 0.251 e. The number of hydrogen-bond donors (Lipinski definition) is 2. The number of hydrogen-bond acceptors (Lipinski definition) is 3. The lowest BCUT2D eigenvalue weighted by atomic mass is 10.1. The fourth-order valence-corrected chi connectivity index (χ4v) is 1.85. The number of aliphatic hydroxyl groups excluding tert-OH is 1. The SMILES string of the molecule is CCN(CC)c1ccc(C(=O)NCC(C)CO)cc1. The lowest BCUT2D eigenvalue weighted by Gasteiger charge is -2.21. The van der Waals surface area contributed by atoms with E-state index in [1.54, 1.807) is 0 Å². The van der Waals surface area contributed by atoms with Crippen molar-refractivity contribution >= 4 is 11.6 Å². The Labute approximate surface area is 115 Å². The van der Waals surface area contributed by atoms with Crippen LogP contribution in [-0.2, 0) is 0 Å². The second-order valence-electron chi connectivity index (χ2n) is 4.72. The third kappa shape index (κ3) is 4.56. The van der Waals surface area contributed by atoms with Crippen molar-refractivity contribution < 1.29 is 9.90 Å². The summed E-state index contributed by atoms with van der Waals surface area (Å²) in [6, 6.07) is 7.62. The average Bonchev–Trinajstić information content (AvgIpc) is 2.46. The van der Waals surface area contributed by atoms with Crippen molar-refractivity contribution in [3.8, 4) is 0 Å². The van der Waals surface area contributed by atoms with Crippen molar-refractivity contribution in [3.05, 3.63) is 29.8 Å². The molecule has 0 fully saturated rings. The van der Waals surface area contributed by atoms with Crippen LogP contribution in [0.1, 0.15) is 31.1 Å². The van der Waals surface area contributed by atoms with E-state index in [-0.39, 0.29) is 18.4 Å². The molecule has 0 spiro atoms. The van der Waals surface area contributed by atoms with Gasteiger partial charge in [0.1, 0.15) is 0 Å². The van der Waals surface area contributed by atoms with E-state index in [1.807, 2.05) is 31.2 Å². The number of benzene rings is 1. The minimum Gasteiger partial charge on any atom is -0.396 e. The van der Waals surface area contributed by atoms with Crippen LogP contribution in [-0.4, -0.2) is 37.3 Å². The first-order valence-corrected chi connectivity index (χ1v) is 6.86. The summed E-state index contributed by atoms with van der Waals surface area (Å²) in [5.41, 5.74) is 1.78. The van der Waals surface area contributed by atoms with Gasteiger partial charge in [-0.1, -0.05) is 6.92 Å². The Balaban J connectivity index is 2.62. The Morgan fingerprint density at radius 1 is 1.26 bits per heavy atom. The van der Waals surface area contributed by atoms with E-state index >= 15 is 0 Å². The van der Waals surface area contributed by atoms with E-state index in [0.717, 1.165) is 18.8 Å². The van der Waals surface area contributed by atoms with Gasteiger partial charge >= 0.3 is 0 Å². The Bertz CT molecular complexity index is 386. The number of nitrogens with zero attached hydrogens (tertiary/aromatic N) is 1. The highest BCUT2D eigenvalue weighted by atomic mass is 16.3. The molecule has 0 aromatic heterocycles. The van der Waals surface area contributed by atoms with Crippen LogP contribution in [0.3, 0.4) is 0 Å². The molecule has 1 aromatic rings. The number of anilines is 1. The van der Waals surface area contributed by atoms with E-state index in [0.29, 0.717) is 12.1 Å². The predicted octanol–water partition coefficient (Wildman–Crippen LogP) is 1.89. The highest BCUT2D eigenvalue weighted by molar-refractivity contribution is 5.94. The maximum atomic E-state index is 11.9. The van der Waals surface area contributed by atoms with Crippen LogP contribution in [0.4, 0.5) is 5.69 Å². The van der Waals surface area contributed by atoms with Gasteiger partial charge in [-0.2, -0.15) is 0 Å². The third-order valence-electron chi connectivity index (χ3n) is 3.18. The van der Waals surface area contributed by atoms with Crippen molar-refractivity contribution in [1.82, 2.24) is 5.32 Å². The molecule has 1 atom stereocenters. The zero-order valence-electron chi connectivity index (χ0n) is 12.0. The molecule has 1 rings (SSSR count). The maximum Gasteiger partial charge on any atom is 0.251 e. The normalized spacial score (nSPS) is 12.0. The molecule has 1 unspecified atom stereocenters. The van der Waals surface area contributed by atoms with Crippen LogP contribution in [0.2, 0.25) is 0 Å². The van der Waals surface area contributed by atoms with Crippen LogP contribution in [0.5, 0.6) is 0 Å². The number of aliphatic hydroxyl groups is 1. The summed E-state index contributed by atoms with van der Waals surface area (Å²) < 4.78 is 0. The predicted molar refractivity (Wildman–Crippen MR) is 78.6 cm³/mol. The maximum absolute atomic E-state index is 11.9. The molecule has 1 aromatic carbocycles. The first-order valence-electron chi connectivity index (χ1n) is 6.86. The van der Waals surface area contributed by atoms with Gasteiger partial charge in [-0.25, -0.2) is 0 Å². The molecule has 2 N–H and O–H groups in total. The molecule has 4 nitrogen and oxygen atoms in total. The molecule has 0 saturated heterocycles. The van der Waals surface area contributed by atoms with Gasteiger partial charge in [0.15, 0.2) is 0 Å². The second kappa shape index (κ2) is 7.79. The van der Waals surface area contributed by atoms with Gasteiger partial charge in [0.2, 0.25) is 0 Å². The Kier molecular flexibility index (Phi) is 6.36. The topological polar surface area (TPSA) is 52.6 Å². The summed E-state index contributed by atoms with van der Waals surface area (Å²) in [7, 11) is 0. The van der Waals surface area contributed by atoms with E-state index in [9.17, 15) is 4.79 Å². The van der Waals surface area contributed by atoms with Crippen LogP contribution >= 0.6 is 0 Å². The summed E-state index contributed by atoms with van der Waals surface area (Å²) in [5, 5.41) is 11.7. The molecule has 106 valence electrons. The van der Waals surface area contributed by atoms with Crippen LogP contribution in [0.15, 0.2) is 24.3 Å². The molecule has 0 bridgehead atoms. The van der Waals surface area contributed by atoms with Gasteiger partial charge in [-0.05, 0) is 44.0 Å². The molecule has 0 aliphatic carbocycles. The summed E-state index contributed by atoms with van der Waals surface area (Å²) in [6.45, 7) is 8.60. The lowest BCUT2D eigenvalue weighted by molar-refractivity contribution is 0.0942. The largest absolute Gasteiger partial charge is 0.396 e. The number of rotatable bonds is 7. The molecular weight excluding hydrogens is 240 g/mol. The van der Waals surface area contributed by atoms with Crippen molar-refractivity contribution in [2.24, 2.45) is 5.92 Å². The van der Waals surface area contributed by atoms with E-state index in [2.05, 4.69) is 24.1 Å². The summed E-state index contributed by atoms with van der Waals surface area (Å²) in [6.07, 6.45) is 0. The third-order valence-corrected chi connectivity index (χ3v) is 3.18. The van der Waals surface area contributed by atoms with Crippen LogP contribution in [0.25, 0.3) is 0 Å². The standard InChI is InChI=1S/C15H24N2O2/c1-4-17(5-2)14-8-6-13(7-9-14)15(19)16-10-12(3)11-18/h6-9,12,18H,4-5,10-11H2,1-3H3,(H,16,19). The van der Waals surface area contributed by atoms with E-state index in [1.165, 1.54) is 0 Å². The lowest BCUT2D eigenvalue weighted by Crippen LogP contribution is -2.29. The molecule has 19 heavy (non-hydrogen) atoms. The molecule has 0 heterocycles. The molecular formula is C15H24N2O2. The minimum atomic E-state index is -0.0913. The summed E-state index contributed by atoms with van der Waals surface area (Å²) in [4.78, 5) is 14.1. The average molecular weight is 264 g/mol. The first-order chi connectivity index (χ1) is 9.12. The Morgan fingerprint density at radius 2 is 1.84 bits per heavy atom. The highest BCUT2D eigenvalue weighted by Gasteiger charge is 2.08. The first kappa shape index (κ1) is 15.5. The van der Waals surface area contributed by atoms with Gasteiger partial charge in [0.05, 0.1) is 0 Å². The number of nitrogens with one attached hydrogen (secondary N) is 1. The minimum absolute atomic E-state index is 0.0823. The Hall–Kier alpha value is -1.55. The van der Waals surface area contributed by atoms with Crippen LogP contribution in [0, 0.1) is 5.92 Å². The van der Waals surface area contributed by atoms with Crippen molar-refractivity contribution in [2.75, 3.05) is 31.1 Å². The van der Waals surface area contributed by atoms with E-state index < -0.39 is 0 Å². The quantitative estimate of drug-likeness (QED) is 0.791. The zero-order valence-corrected chi connectivity index (χ0v) is 12.0. The monoisotopic (exact) mass is 264 g/mol. The van der Waals surface area contributed by atoms with Gasteiger partial charge < -0.3 is 15.3 Å². The summed E-state index contributed by atoms with van der Waals surface area (Å²) in [5.74, 6) is -0.00899. The number of amides is 1. The van der Waals surface area contributed by atoms with Gasteiger partial charge in [-0.3, -0.25) is 4.79 Å². The molecule has 0 aliphatic heterocycles. The van der Waals surface area contributed by atoms with E-state index in [4.69, 9.17) is 5.11 Å². The highest BCUT2D eigenvalue weighted by Crippen LogP contribution is 2.14. The van der Waals surface area contributed by atoms with Crippen molar-refractivity contribution in [2.45, 2.75) is 20.8 Å².